The van der Waals surface area contributed by atoms with Crippen LogP contribution in [0.15, 0.2) is 54.6 Å². The Balaban J connectivity index is 0.000000448. The van der Waals surface area contributed by atoms with Crippen LogP contribution in [-0.4, -0.2) is 49.9 Å². The Morgan fingerprint density at radius 3 is 2.36 bits per heavy atom. The normalized spacial score (nSPS) is 13.7. The van der Waals surface area contributed by atoms with Gasteiger partial charge in [-0.3, -0.25) is 20.0 Å². The number of carboxylic acids is 1. The number of aromatic nitrogens is 4. The minimum Gasteiger partial charge on any atom is -0.489 e. The number of ether oxygens (including phenoxy) is 1. The number of rotatable bonds is 7. The topological polar surface area (TPSA) is 133 Å². The number of aliphatic carboxylic acids is 1. The van der Waals surface area contributed by atoms with Crippen LogP contribution >= 0.6 is 12.2 Å². The summed E-state index contributed by atoms with van der Waals surface area (Å²) in [6.07, 6.45) is -3.14. The lowest BCUT2D eigenvalue weighted by Crippen LogP contribution is -2.32. The number of pyridine rings is 1. The molecule has 0 radical (unpaired) electrons. The number of carbonyl (C=O) groups excluding carboxylic acids is 1. The molecule has 1 saturated carbocycles. The molecule has 39 heavy (non-hydrogen) atoms. The fourth-order valence-corrected chi connectivity index (χ4v) is 4.04. The molecule has 0 saturated heterocycles. The highest BCUT2D eigenvalue weighted by Crippen LogP contribution is 2.45. The number of nitrogens with zero attached hydrogens (tertiary/aromatic N) is 2. The second kappa shape index (κ2) is 11.2. The minimum atomic E-state index is -5.08. The number of hydrogen-bond donors (Lipinski definition) is 4. The highest BCUT2D eigenvalue weighted by Gasteiger charge is 2.47. The number of H-pyrrole nitrogens is 2. The van der Waals surface area contributed by atoms with Crippen LogP contribution in [0.1, 0.15) is 40.3 Å². The van der Waals surface area contributed by atoms with Gasteiger partial charge in [-0.25, -0.2) is 9.78 Å². The number of aryl methyl sites for hydroxylation is 1. The van der Waals surface area contributed by atoms with Gasteiger partial charge in [0.2, 0.25) is 4.77 Å². The third kappa shape index (κ3) is 6.99. The summed E-state index contributed by atoms with van der Waals surface area (Å²) in [6.45, 7) is 2.94. The van der Waals surface area contributed by atoms with Gasteiger partial charge in [0.1, 0.15) is 18.2 Å². The Morgan fingerprint density at radius 2 is 1.77 bits per heavy atom. The predicted molar refractivity (Wildman–Crippen MR) is 138 cm³/mol. The van der Waals surface area contributed by atoms with Crippen LogP contribution in [0.5, 0.6) is 5.75 Å². The van der Waals surface area contributed by atoms with Gasteiger partial charge in [0.15, 0.2) is 0 Å². The Hall–Kier alpha value is -4.26. The number of alkyl halides is 3. The Morgan fingerprint density at radius 1 is 1.10 bits per heavy atom. The Labute approximate surface area is 225 Å². The van der Waals surface area contributed by atoms with Crippen LogP contribution in [0.3, 0.4) is 0 Å². The molecule has 0 bridgehead atoms. The van der Waals surface area contributed by atoms with E-state index in [4.69, 9.17) is 26.9 Å². The zero-order chi connectivity index (χ0) is 28.2. The molecule has 0 spiro atoms. The van der Waals surface area contributed by atoms with Crippen molar-refractivity contribution in [2.75, 3.05) is 6.54 Å². The summed E-state index contributed by atoms with van der Waals surface area (Å²) in [4.78, 5) is 30.4. The molecule has 1 fully saturated rings. The molecule has 5 rings (SSSR count). The van der Waals surface area contributed by atoms with Crippen molar-refractivity contribution < 1.29 is 32.6 Å². The standard InChI is InChI=1S/C24H23N5O2S.C2HF3O2/c1-15-12-17(19-4-2-3-5-20(19)26-15)13-31-18-8-6-16(7-9-18)21(30)25-14-24(10-11-24)22-27-23(32)29-28-22;3-2(4,5)1(6)7/h2-9,12H,10-11,13-14H2,1H3,(H,25,30)(H2,27,28,29,32);(H,6,7). The lowest BCUT2D eigenvalue weighted by atomic mass is 10.1. The largest absolute Gasteiger partial charge is 0.490 e. The van der Waals surface area contributed by atoms with Gasteiger partial charge >= 0.3 is 12.1 Å². The van der Waals surface area contributed by atoms with Crippen LogP contribution in [0, 0.1) is 11.7 Å². The molecule has 2 heterocycles. The number of para-hydroxylation sites is 1. The van der Waals surface area contributed by atoms with E-state index in [9.17, 15) is 18.0 Å². The molecular weight excluding hydrogens is 535 g/mol. The molecule has 0 unspecified atom stereocenters. The third-order valence-electron chi connectivity index (χ3n) is 6.13. The van der Waals surface area contributed by atoms with Gasteiger partial charge in [-0.2, -0.15) is 13.2 Å². The number of nitrogens with one attached hydrogen (secondary N) is 3. The lowest BCUT2D eigenvalue weighted by molar-refractivity contribution is -0.192. The van der Waals surface area contributed by atoms with Gasteiger partial charge in [-0.05, 0) is 68.4 Å². The SMILES string of the molecule is Cc1cc(COc2ccc(C(=O)NCC3(c4nc(=S)[nH][nH]4)CC3)cc2)c2ccccc2n1.O=C(O)C(F)(F)F. The zero-order valence-electron chi connectivity index (χ0n) is 20.6. The smallest absolute Gasteiger partial charge is 0.489 e. The van der Waals surface area contributed by atoms with Crippen LogP contribution < -0.4 is 10.1 Å². The summed E-state index contributed by atoms with van der Waals surface area (Å²) in [5.41, 5.74) is 3.45. The number of carboxylic acid groups (broad SMARTS) is 1. The van der Waals surface area contributed by atoms with Crippen molar-refractivity contribution in [1.82, 2.24) is 25.5 Å². The van der Waals surface area contributed by atoms with E-state index in [0.717, 1.165) is 40.8 Å². The first kappa shape index (κ1) is 27.8. The molecule has 9 nitrogen and oxygen atoms in total. The van der Waals surface area contributed by atoms with Crippen molar-refractivity contribution in [2.45, 2.75) is 38.0 Å². The highest BCUT2D eigenvalue weighted by molar-refractivity contribution is 7.71. The fraction of sp³-hybridized carbons (Fsp3) is 0.269. The number of amides is 1. The van der Waals surface area contributed by atoms with Gasteiger partial charge < -0.3 is 15.2 Å². The van der Waals surface area contributed by atoms with E-state index in [1.807, 2.05) is 43.3 Å². The number of benzene rings is 2. The molecule has 1 amide bonds. The summed E-state index contributed by atoms with van der Waals surface area (Å²) in [6, 6.07) is 17.3. The molecule has 4 N–H and O–H groups in total. The monoisotopic (exact) mass is 559 g/mol. The van der Waals surface area contributed by atoms with E-state index >= 15 is 0 Å². The fourth-order valence-electron chi connectivity index (χ4n) is 3.90. The van der Waals surface area contributed by atoms with Gasteiger partial charge in [0, 0.05) is 34.2 Å². The summed E-state index contributed by atoms with van der Waals surface area (Å²) in [5, 5.41) is 17.1. The van der Waals surface area contributed by atoms with E-state index in [1.165, 1.54) is 0 Å². The maximum Gasteiger partial charge on any atom is 0.490 e. The zero-order valence-corrected chi connectivity index (χ0v) is 21.4. The van der Waals surface area contributed by atoms with Crippen molar-refractivity contribution in [3.63, 3.8) is 0 Å². The van der Waals surface area contributed by atoms with Gasteiger partial charge in [-0.1, -0.05) is 18.2 Å². The summed E-state index contributed by atoms with van der Waals surface area (Å²) in [5.74, 6) is -1.35. The second-order valence-electron chi connectivity index (χ2n) is 9.03. The maximum atomic E-state index is 12.6. The van der Waals surface area contributed by atoms with Crippen molar-refractivity contribution in [1.29, 1.82) is 0 Å². The molecule has 4 aromatic rings. The van der Waals surface area contributed by atoms with E-state index in [2.05, 4.69) is 31.5 Å². The first-order chi connectivity index (χ1) is 18.5. The van der Waals surface area contributed by atoms with Gasteiger partial charge in [0.25, 0.3) is 5.91 Å². The first-order valence-electron chi connectivity index (χ1n) is 11.8. The summed E-state index contributed by atoms with van der Waals surface area (Å²) < 4.78 is 38.2. The Bertz CT molecular complexity index is 1550. The molecule has 204 valence electrons. The lowest BCUT2D eigenvalue weighted by Gasteiger charge is -2.13. The third-order valence-corrected chi connectivity index (χ3v) is 6.32. The molecular formula is C26H24F3N5O4S. The maximum absolute atomic E-state index is 12.6. The quantitative estimate of drug-likeness (QED) is 0.234. The average Bonchev–Trinajstić information content (AvgIpc) is 3.57. The van der Waals surface area contributed by atoms with Crippen LogP contribution in [-0.2, 0) is 16.8 Å². The Kier molecular flexibility index (Phi) is 8.00. The molecule has 1 aliphatic rings. The van der Waals surface area contributed by atoms with Crippen molar-refractivity contribution in [3.05, 3.63) is 82.0 Å². The number of hydrogen-bond acceptors (Lipinski definition) is 6. The van der Waals surface area contributed by atoms with Crippen LogP contribution in [0.25, 0.3) is 10.9 Å². The first-order valence-corrected chi connectivity index (χ1v) is 12.2. The van der Waals surface area contributed by atoms with Gasteiger partial charge in [-0.15, -0.1) is 0 Å². The van der Waals surface area contributed by atoms with Crippen molar-refractivity contribution >= 4 is 35.0 Å². The molecule has 2 aromatic heterocycles. The second-order valence-corrected chi connectivity index (χ2v) is 9.42. The van der Waals surface area contributed by atoms with Crippen molar-refractivity contribution in [2.24, 2.45) is 0 Å². The molecule has 0 aliphatic heterocycles. The number of aromatic amines is 2. The van der Waals surface area contributed by atoms with Crippen LogP contribution in [0.4, 0.5) is 13.2 Å². The van der Waals surface area contributed by atoms with E-state index in [-0.39, 0.29) is 11.3 Å². The molecule has 2 aromatic carbocycles. The molecule has 13 heteroatoms. The number of carbonyl (C=O) groups is 2. The van der Waals surface area contributed by atoms with E-state index < -0.39 is 12.1 Å². The van der Waals surface area contributed by atoms with Crippen molar-refractivity contribution in [3.8, 4) is 5.75 Å². The minimum absolute atomic E-state index is 0.118. The summed E-state index contributed by atoms with van der Waals surface area (Å²) in [7, 11) is 0. The average molecular weight is 560 g/mol. The van der Waals surface area contributed by atoms with Gasteiger partial charge in [0.05, 0.1) is 5.52 Å². The number of fused-ring (bicyclic) bond motifs is 1. The number of halogens is 3. The highest BCUT2D eigenvalue weighted by atomic mass is 32.1. The van der Waals surface area contributed by atoms with Crippen LogP contribution in [0.2, 0.25) is 0 Å². The van der Waals surface area contributed by atoms with E-state index in [1.54, 1.807) is 12.1 Å². The van der Waals surface area contributed by atoms with E-state index in [0.29, 0.717) is 29.2 Å². The predicted octanol–water partition coefficient (Wildman–Crippen LogP) is 5.00. The summed E-state index contributed by atoms with van der Waals surface area (Å²) >= 11 is 5.04. The molecule has 1 aliphatic carbocycles. The molecule has 0 atom stereocenters.